The van der Waals surface area contributed by atoms with Crippen LogP contribution in [0.2, 0.25) is 10.0 Å². The Balaban J connectivity index is 1.73. The summed E-state index contributed by atoms with van der Waals surface area (Å²) in [7, 11) is 3.44. The van der Waals surface area contributed by atoms with Crippen molar-refractivity contribution in [3.05, 3.63) is 63.6 Å². The van der Waals surface area contributed by atoms with Gasteiger partial charge in [0.15, 0.2) is 0 Å². The van der Waals surface area contributed by atoms with Gasteiger partial charge in [0.25, 0.3) is 5.91 Å². The molecule has 1 heterocycles. The van der Waals surface area contributed by atoms with Crippen LogP contribution in [0.25, 0.3) is 11.4 Å². The fourth-order valence-electron chi connectivity index (χ4n) is 2.42. The zero-order valence-electron chi connectivity index (χ0n) is 14.2. The maximum absolute atomic E-state index is 11.6. The van der Waals surface area contributed by atoms with E-state index in [4.69, 9.17) is 27.7 Å². The first-order valence-electron chi connectivity index (χ1n) is 7.78. The highest BCUT2D eigenvalue weighted by Gasteiger charge is 2.14. The van der Waals surface area contributed by atoms with E-state index >= 15 is 0 Å². The number of rotatable bonds is 5. The van der Waals surface area contributed by atoms with Gasteiger partial charge in [-0.3, -0.25) is 4.79 Å². The lowest BCUT2D eigenvalue weighted by atomic mass is 10.1. The van der Waals surface area contributed by atoms with Crippen molar-refractivity contribution in [1.82, 2.24) is 15.5 Å². The molecular weight excluding hydrogens is 375 g/mol. The highest BCUT2D eigenvalue weighted by molar-refractivity contribution is 6.35. The number of benzene rings is 2. The number of halogens is 2. The van der Waals surface area contributed by atoms with E-state index in [1.807, 2.05) is 24.1 Å². The quantitative estimate of drug-likeness (QED) is 0.711. The maximum Gasteiger partial charge on any atom is 0.324 e. The lowest BCUT2D eigenvalue weighted by Crippen LogP contribution is -2.19. The average molecular weight is 391 g/mol. The first-order valence-corrected chi connectivity index (χ1v) is 8.54. The molecule has 3 aromatic rings. The fourth-order valence-corrected chi connectivity index (χ4v) is 2.94. The van der Waals surface area contributed by atoms with Gasteiger partial charge in [0.2, 0.25) is 5.82 Å². The van der Waals surface area contributed by atoms with Crippen LogP contribution < -0.4 is 10.2 Å². The summed E-state index contributed by atoms with van der Waals surface area (Å²) in [6.45, 7) is 0.548. The number of nitrogens with zero attached hydrogens (tertiary/aromatic N) is 3. The molecule has 2 aromatic carbocycles. The molecule has 0 aliphatic carbocycles. The number of nitrogens with one attached hydrogen (secondary N) is 1. The van der Waals surface area contributed by atoms with Crippen LogP contribution in [-0.4, -0.2) is 30.1 Å². The van der Waals surface area contributed by atoms with E-state index in [0.29, 0.717) is 39.6 Å². The number of carbonyl (C=O) groups excluding carboxylic acids is 1. The monoisotopic (exact) mass is 390 g/mol. The van der Waals surface area contributed by atoms with Crippen molar-refractivity contribution in [2.24, 2.45) is 0 Å². The molecular formula is C18H16Cl2N4O2. The van der Waals surface area contributed by atoms with Crippen molar-refractivity contribution in [2.45, 2.75) is 6.54 Å². The van der Waals surface area contributed by atoms with Gasteiger partial charge in [-0.2, -0.15) is 4.98 Å². The Hall–Kier alpha value is -2.57. The van der Waals surface area contributed by atoms with Gasteiger partial charge in [0.05, 0.1) is 0 Å². The van der Waals surface area contributed by atoms with Crippen LogP contribution in [0.4, 0.5) is 6.01 Å². The molecule has 0 saturated carbocycles. The molecule has 0 aliphatic heterocycles. The van der Waals surface area contributed by atoms with Gasteiger partial charge in [-0.15, -0.1) is 0 Å². The third kappa shape index (κ3) is 4.15. The molecule has 8 heteroatoms. The number of hydrogen-bond acceptors (Lipinski definition) is 5. The van der Waals surface area contributed by atoms with E-state index < -0.39 is 0 Å². The molecule has 0 unspecified atom stereocenters. The summed E-state index contributed by atoms with van der Waals surface area (Å²) in [4.78, 5) is 17.8. The van der Waals surface area contributed by atoms with Crippen LogP contribution in [0.1, 0.15) is 15.9 Å². The van der Waals surface area contributed by atoms with E-state index in [-0.39, 0.29) is 5.91 Å². The van der Waals surface area contributed by atoms with Crippen molar-refractivity contribution < 1.29 is 9.32 Å². The topological polar surface area (TPSA) is 71.3 Å². The molecule has 1 amide bonds. The first kappa shape index (κ1) is 18.2. The minimum Gasteiger partial charge on any atom is -0.355 e. The number of hydrogen-bond donors (Lipinski definition) is 1. The summed E-state index contributed by atoms with van der Waals surface area (Å²) in [6.07, 6.45) is 0. The Bertz CT molecular complexity index is 905. The maximum atomic E-state index is 11.6. The molecule has 1 N–H and O–H groups in total. The zero-order valence-corrected chi connectivity index (χ0v) is 15.7. The molecule has 6 nitrogen and oxygen atoms in total. The van der Waals surface area contributed by atoms with Gasteiger partial charge in [-0.25, -0.2) is 0 Å². The molecule has 1 aromatic heterocycles. The molecule has 134 valence electrons. The summed E-state index contributed by atoms with van der Waals surface area (Å²) >= 11 is 12.0. The SMILES string of the molecule is CNC(=O)c1ccc(CN(C)c2nc(-c3cc(Cl)cc(Cl)c3)no2)cc1. The second-order valence-corrected chi connectivity index (χ2v) is 6.56. The predicted molar refractivity (Wildman–Crippen MR) is 102 cm³/mol. The highest BCUT2D eigenvalue weighted by atomic mass is 35.5. The van der Waals surface area contributed by atoms with Crippen molar-refractivity contribution in [1.29, 1.82) is 0 Å². The summed E-state index contributed by atoms with van der Waals surface area (Å²) in [5.74, 6) is 0.290. The van der Waals surface area contributed by atoms with Crippen LogP contribution in [0, 0.1) is 0 Å². The number of carbonyl (C=O) groups is 1. The summed E-state index contributed by atoms with van der Waals surface area (Å²) < 4.78 is 5.33. The Labute approximate surface area is 160 Å². The Morgan fingerprint density at radius 2 is 1.81 bits per heavy atom. The predicted octanol–water partition coefficient (Wildman–Crippen LogP) is 4.04. The second kappa shape index (κ2) is 7.76. The van der Waals surface area contributed by atoms with Crippen molar-refractivity contribution in [2.75, 3.05) is 19.0 Å². The smallest absolute Gasteiger partial charge is 0.324 e. The van der Waals surface area contributed by atoms with Crippen LogP contribution in [0.15, 0.2) is 47.0 Å². The van der Waals surface area contributed by atoms with E-state index in [9.17, 15) is 4.79 Å². The second-order valence-electron chi connectivity index (χ2n) is 5.69. The standard InChI is InChI=1S/C18H16Cl2N4O2/c1-21-17(25)12-5-3-11(4-6-12)10-24(2)18-22-16(23-26-18)13-7-14(19)9-15(20)8-13/h3-9H,10H2,1-2H3,(H,21,25). The van der Waals surface area contributed by atoms with Crippen LogP contribution in [0.3, 0.4) is 0 Å². The molecule has 0 fully saturated rings. The molecule has 26 heavy (non-hydrogen) atoms. The van der Waals surface area contributed by atoms with Gasteiger partial charge < -0.3 is 14.7 Å². The van der Waals surface area contributed by atoms with Crippen LogP contribution >= 0.6 is 23.2 Å². The third-order valence-electron chi connectivity index (χ3n) is 3.73. The average Bonchev–Trinajstić information content (AvgIpc) is 3.11. The van der Waals surface area contributed by atoms with Crippen LogP contribution in [-0.2, 0) is 6.54 Å². The Morgan fingerprint density at radius 3 is 2.42 bits per heavy atom. The number of aromatic nitrogens is 2. The highest BCUT2D eigenvalue weighted by Crippen LogP contribution is 2.26. The minimum absolute atomic E-state index is 0.119. The minimum atomic E-state index is -0.119. The molecule has 3 rings (SSSR count). The molecule has 0 atom stereocenters. The lowest BCUT2D eigenvalue weighted by molar-refractivity contribution is 0.0963. The Morgan fingerprint density at radius 1 is 1.15 bits per heavy atom. The summed E-state index contributed by atoms with van der Waals surface area (Å²) in [5.41, 5.74) is 2.29. The van der Waals surface area contributed by atoms with Gasteiger partial charge in [-0.1, -0.05) is 40.5 Å². The van der Waals surface area contributed by atoms with E-state index in [1.165, 1.54) is 0 Å². The van der Waals surface area contributed by atoms with Crippen molar-refractivity contribution in [3.8, 4) is 11.4 Å². The molecule has 0 radical (unpaired) electrons. The number of anilines is 1. The third-order valence-corrected chi connectivity index (χ3v) is 4.16. The lowest BCUT2D eigenvalue weighted by Gasteiger charge is -2.13. The van der Waals surface area contributed by atoms with Gasteiger partial charge in [0, 0.05) is 41.8 Å². The summed E-state index contributed by atoms with van der Waals surface area (Å²) in [5, 5.41) is 7.58. The molecule has 0 spiro atoms. The fraction of sp³-hybridized carbons (Fsp3) is 0.167. The summed E-state index contributed by atoms with van der Waals surface area (Å²) in [6, 6.07) is 12.8. The van der Waals surface area contributed by atoms with E-state index in [1.54, 1.807) is 37.4 Å². The largest absolute Gasteiger partial charge is 0.355 e. The molecule has 0 bridgehead atoms. The normalized spacial score (nSPS) is 10.6. The zero-order chi connectivity index (χ0) is 18.7. The van der Waals surface area contributed by atoms with E-state index in [2.05, 4.69) is 15.5 Å². The van der Waals surface area contributed by atoms with Gasteiger partial charge in [0.1, 0.15) is 0 Å². The van der Waals surface area contributed by atoms with Crippen LogP contribution in [0.5, 0.6) is 0 Å². The molecule has 0 saturated heterocycles. The first-order chi connectivity index (χ1) is 12.5. The van der Waals surface area contributed by atoms with Crippen molar-refractivity contribution in [3.63, 3.8) is 0 Å². The number of amides is 1. The van der Waals surface area contributed by atoms with E-state index in [0.717, 1.165) is 5.56 Å². The van der Waals surface area contributed by atoms with Crippen molar-refractivity contribution >= 4 is 35.1 Å². The van der Waals surface area contributed by atoms with Gasteiger partial charge >= 0.3 is 6.01 Å². The Kier molecular flexibility index (Phi) is 5.44. The van der Waals surface area contributed by atoms with Gasteiger partial charge in [-0.05, 0) is 35.9 Å². The molecule has 0 aliphatic rings.